The minimum absolute atomic E-state index is 0.00728. The molecule has 2 fully saturated rings. The molecular formula is C13H20N2O5. The van der Waals surface area contributed by atoms with Crippen LogP contribution in [0, 0.1) is 5.92 Å². The molecule has 0 aromatic carbocycles. The summed E-state index contributed by atoms with van der Waals surface area (Å²) in [5.74, 6) is -1.73. The molecule has 1 aliphatic carbocycles. The van der Waals surface area contributed by atoms with E-state index in [1.807, 2.05) is 0 Å². The molecular weight excluding hydrogens is 264 g/mol. The maximum atomic E-state index is 12.3. The fourth-order valence-corrected chi connectivity index (χ4v) is 2.53. The van der Waals surface area contributed by atoms with Crippen molar-refractivity contribution in [2.75, 3.05) is 33.4 Å². The molecule has 20 heavy (non-hydrogen) atoms. The molecule has 0 spiro atoms. The molecule has 1 aliphatic heterocycles. The van der Waals surface area contributed by atoms with Crippen molar-refractivity contribution in [3.05, 3.63) is 0 Å². The van der Waals surface area contributed by atoms with E-state index >= 15 is 0 Å². The lowest BCUT2D eigenvalue weighted by molar-refractivity contribution is -0.146. The van der Waals surface area contributed by atoms with Crippen LogP contribution in [0.5, 0.6) is 0 Å². The summed E-state index contributed by atoms with van der Waals surface area (Å²) in [6.07, 6.45) is 2.21. The van der Waals surface area contributed by atoms with E-state index in [4.69, 9.17) is 9.84 Å². The van der Waals surface area contributed by atoms with Gasteiger partial charge in [-0.05, 0) is 12.8 Å². The monoisotopic (exact) mass is 284 g/mol. The molecule has 1 saturated heterocycles. The number of carboxylic acids is 1. The van der Waals surface area contributed by atoms with Crippen LogP contribution in [-0.2, 0) is 19.1 Å². The molecule has 1 heterocycles. The van der Waals surface area contributed by atoms with Crippen molar-refractivity contribution in [3.8, 4) is 0 Å². The number of ether oxygens (including phenoxy) is 1. The topological polar surface area (TPSA) is 87.1 Å². The Hall–Kier alpha value is -1.63. The van der Waals surface area contributed by atoms with Crippen molar-refractivity contribution < 1.29 is 24.2 Å². The Bertz CT molecular complexity index is 408. The first-order valence-corrected chi connectivity index (χ1v) is 6.82. The molecule has 0 aromatic rings. The normalized spacial score (nSPS) is 22.1. The number of hydrogen-bond donors (Lipinski definition) is 1. The summed E-state index contributed by atoms with van der Waals surface area (Å²) in [5, 5.41) is 8.87. The molecule has 2 aliphatic rings. The van der Waals surface area contributed by atoms with E-state index in [1.54, 1.807) is 4.90 Å². The van der Waals surface area contributed by atoms with Gasteiger partial charge in [0, 0.05) is 32.7 Å². The van der Waals surface area contributed by atoms with Gasteiger partial charge in [-0.15, -0.1) is 0 Å². The van der Waals surface area contributed by atoms with Crippen molar-refractivity contribution in [1.82, 2.24) is 9.80 Å². The first-order chi connectivity index (χ1) is 9.52. The van der Waals surface area contributed by atoms with Crippen molar-refractivity contribution in [2.45, 2.75) is 25.3 Å². The summed E-state index contributed by atoms with van der Waals surface area (Å²) in [6, 6.07) is 0.298. The maximum Gasteiger partial charge on any atom is 0.323 e. The average molecular weight is 284 g/mol. The van der Waals surface area contributed by atoms with Crippen LogP contribution in [0.1, 0.15) is 19.3 Å². The third-order valence-electron chi connectivity index (χ3n) is 3.70. The van der Waals surface area contributed by atoms with Crippen LogP contribution in [0.15, 0.2) is 0 Å². The number of hydrogen-bond acceptors (Lipinski definition) is 4. The lowest BCUT2D eigenvalue weighted by Crippen LogP contribution is -2.42. The summed E-state index contributed by atoms with van der Waals surface area (Å²) in [5.41, 5.74) is 0. The van der Waals surface area contributed by atoms with Crippen molar-refractivity contribution in [3.63, 3.8) is 0 Å². The van der Waals surface area contributed by atoms with Crippen molar-refractivity contribution in [2.24, 2.45) is 5.92 Å². The van der Waals surface area contributed by atoms with E-state index in [9.17, 15) is 14.4 Å². The minimum Gasteiger partial charge on any atom is -0.480 e. The van der Waals surface area contributed by atoms with E-state index in [0.29, 0.717) is 12.6 Å². The minimum atomic E-state index is -1.06. The zero-order valence-electron chi connectivity index (χ0n) is 11.6. The molecule has 0 aromatic heterocycles. The number of amides is 2. The van der Waals surface area contributed by atoms with Crippen LogP contribution >= 0.6 is 0 Å². The summed E-state index contributed by atoms with van der Waals surface area (Å²) in [4.78, 5) is 38.0. The first-order valence-electron chi connectivity index (χ1n) is 6.82. The van der Waals surface area contributed by atoms with E-state index in [2.05, 4.69) is 0 Å². The largest absolute Gasteiger partial charge is 0.480 e. The molecule has 1 atom stereocenters. The standard InChI is InChI=1S/C13H20N2O5/c1-20-5-4-14(8-12(17)18)13(19)9-6-11(16)15(7-9)10-2-3-10/h9-10H,2-8H2,1H3,(H,17,18). The average Bonchev–Trinajstić information content (AvgIpc) is 3.16. The molecule has 0 radical (unpaired) electrons. The van der Waals surface area contributed by atoms with Gasteiger partial charge < -0.3 is 19.6 Å². The van der Waals surface area contributed by atoms with Gasteiger partial charge in [0.15, 0.2) is 0 Å². The Morgan fingerprint density at radius 1 is 1.45 bits per heavy atom. The molecule has 2 rings (SSSR count). The van der Waals surface area contributed by atoms with Gasteiger partial charge in [-0.1, -0.05) is 0 Å². The zero-order valence-corrected chi connectivity index (χ0v) is 11.6. The van der Waals surface area contributed by atoms with Gasteiger partial charge in [-0.3, -0.25) is 14.4 Å². The van der Waals surface area contributed by atoms with Crippen molar-refractivity contribution >= 4 is 17.8 Å². The lowest BCUT2D eigenvalue weighted by atomic mass is 10.1. The van der Waals surface area contributed by atoms with Gasteiger partial charge in [-0.2, -0.15) is 0 Å². The highest BCUT2D eigenvalue weighted by molar-refractivity contribution is 5.90. The maximum absolute atomic E-state index is 12.3. The predicted octanol–water partition coefficient (Wildman–Crippen LogP) is -0.443. The number of carbonyl (C=O) groups excluding carboxylic acids is 2. The number of likely N-dealkylation sites (tertiary alicyclic amines) is 1. The second-order valence-electron chi connectivity index (χ2n) is 5.32. The Labute approximate surface area is 117 Å². The fourth-order valence-electron chi connectivity index (χ4n) is 2.53. The van der Waals surface area contributed by atoms with Crippen LogP contribution in [0.4, 0.5) is 0 Å². The smallest absolute Gasteiger partial charge is 0.323 e. The second-order valence-corrected chi connectivity index (χ2v) is 5.32. The Balaban J connectivity index is 1.95. The van der Waals surface area contributed by atoms with E-state index < -0.39 is 11.9 Å². The molecule has 112 valence electrons. The van der Waals surface area contributed by atoms with Crippen LogP contribution in [0.25, 0.3) is 0 Å². The summed E-state index contributed by atoms with van der Waals surface area (Å²) >= 11 is 0. The van der Waals surface area contributed by atoms with Gasteiger partial charge in [0.05, 0.1) is 12.5 Å². The van der Waals surface area contributed by atoms with Crippen molar-refractivity contribution in [1.29, 1.82) is 0 Å². The van der Waals surface area contributed by atoms with Gasteiger partial charge in [-0.25, -0.2) is 0 Å². The van der Waals surface area contributed by atoms with Crippen LogP contribution in [0.3, 0.4) is 0 Å². The number of carbonyl (C=O) groups is 3. The van der Waals surface area contributed by atoms with Gasteiger partial charge in [0.1, 0.15) is 6.54 Å². The third-order valence-corrected chi connectivity index (χ3v) is 3.70. The highest BCUT2D eigenvalue weighted by Crippen LogP contribution is 2.33. The number of methoxy groups -OCH3 is 1. The summed E-state index contributed by atoms with van der Waals surface area (Å²) < 4.78 is 4.89. The van der Waals surface area contributed by atoms with Gasteiger partial charge >= 0.3 is 5.97 Å². The van der Waals surface area contributed by atoms with E-state index in [1.165, 1.54) is 12.0 Å². The summed E-state index contributed by atoms with van der Waals surface area (Å²) in [7, 11) is 1.50. The molecule has 1 saturated carbocycles. The molecule has 7 nitrogen and oxygen atoms in total. The number of nitrogens with zero attached hydrogens (tertiary/aromatic N) is 2. The molecule has 1 N–H and O–H groups in total. The second kappa shape index (κ2) is 6.21. The highest BCUT2D eigenvalue weighted by atomic mass is 16.5. The van der Waals surface area contributed by atoms with Crippen LogP contribution in [0.2, 0.25) is 0 Å². The van der Waals surface area contributed by atoms with Gasteiger partial charge in [0.25, 0.3) is 0 Å². The summed E-state index contributed by atoms with van der Waals surface area (Å²) in [6.45, 7) is 0.587. The van der Waals surface area contributed by atoms with Crippen LogP contribution in [-0.4, -0.2) is 72.1 Å². The number of carboxylic acid groups (broad SMARTS) is 1. The molecule has 7 heteroatoms. The fraction of sp³-hybridized carbons (Fsp3) is 0.769. The number of rotatable bonds is 7. The molecule has 0 bridgehead atoms. The Kier molecular flexibility index (Phi) is 4.59. The van der Waals surface area contributed by atoms with E-state index in [-0.39, 0.29) is 37.9 Å². The van der Waals surface area contributed by atoms with E-state index in [0.717, 1.165) is 12.8 Å². The SMILES string of the molecule is COCCN(CC(=O)O)C(=O)C1CC(=O)N(C2CC2)C1. The molecule has 1 unspecified atom stereocenters. The predicted molar refractivity (Wildman–Crippen MR) is 68.9 cm³/mol. The third kappa shape index (κ3) is 3.47. The quantitative estimate of drug-likeness (QED) is 0.684. The van der Waals surface area contributed by atoms with Crippen LogP contribution < -0.4 is 0 Å². The Morgan fingerprint density at radius 3 is 2.70 bits per heavy atom. The van der Waals surface area contributed by atoms with Gasteiger partial charge in [0.2, 0.25) is 11.8 Å². The number of aliphatic carboxylic acids is 1. The lowest BCUT2D eigenvalue weighted by Gasteiger charge is -2.23. The Morgan fingerprint density at radius 2 is 2.15 bits per heavy atom. The highest BCUT2D eigenvalue weighted by Gasteiger charge is 2.42. The molecule has 2 amide bonds. The zero-order chi connectivity index (χ0) is 14.7. The first kappa shape index (κ1) is 14.8.